The first-order chi connectivity index (χ1) is 9.81. The van der Waals surface area contributed by atoms with Crippen molar-refractivity contribution in [2.75, 3.05) is 12.3 Å². The van der Waals surface area contributed by atoms with E-state index in [2.05, 4.69) is 40.7 Å². The molecule has 1 atom stereocenters. The Balaban J connectivity index is 2.16. The van der Waals surface area contributed by atoms with E-state index in [0.717, 1.165) is 25.1 Å². The van der Waals surface area contributed by atoms with Crippen LogP contribution in [0.1, 0.15) is 39.4 Å². The molecule has 2 rings (SSSR count). The van der Waals surface area contributed by atoms with E-state index in [1.165, 1.54) is 0 Å². The van der Waals surface area contributed by atoms with Gasteiger partial charge in [-0.3, -0.25) is 9.78 Å². The second-order valence-corrected chi connectivity index (χ2v) is 6.51. The lowest BCUT2D eigenvalue weighted by Crippen LogP contribution is -2.24. The van der Waals surface area contributed by atoms with Crippen LogP contribution in [0.5, 0.6) is 0 Å². The van der Waals surface area contributed by atoms with Gasteiger partial charge >= 0.3 is 0 Å². The maximum absolute atomic E-state index is 11.7. The van der Waals surface area contributed by atoms with Crippen molar-refractivity contribution in [1.82, 2.24) is 19.9 Å². The van der Waals surface area contributed by atoms with Gasteiger partial charge in [-0.05, 0) is 30.7 Å². The number of aromatic nitrogens is 4. The summed E-state index contributed by atoms with van der Waals surface area (Å²) in [5, 5.41) is 0. The van der Waals surface area contributed by atoms with Crippen LogP contribution in [0.15, 0.2) is 4.79 Å². The van der Waals surface area contributed by atoms with Crippen LogP contribution < -0.4 is 17.0 Å². The third-order valence-electron chi connectivity index (χ3n) is 3.90. The smallest absolute Gasteiger partial charge is 0.278 e. The van der Waals surface area contributed by atoms with E-state index in [1.54, 1.807) is 0 Å². The van der Waals surface area contributed by atoms with Gasteiger partial charge in [-0.25, -0.2) is 4.98 Å². The molecule has 0 radical (unpaired) electrons. The van der Waals surface area contributed by atoms with E-state index in [4.69, 9.17) is 11.5 Å². The van der Waals surface area contributed by atoms with E-state index in [1.807, 2.05) is 0 Å². The van der Waals surface area contributed by atoms with E-state index in [9.17, 15) is 4.79 Å². The highest BCUT2D eigenvalue weighted by atomic mass is 16.1. The Morgan fingerprint density at radius 1 is 1.19 bits per heavy atom. The number of nitrogens with two attached hydrogens (primary N) is 2. The molecule has 6 N–H and O–H groups in total. The fraction of sp³-hybridized carbons (Fsp3) is 0.643. The summed E-state index contributed by atoms with van der Waals surface area (Å²) in [5.74, 6) is 1.35. The highest BCUT2D eigenvalue weighted by molar-refractivity contribution is 5.70. The first-order valence-electron chi connectivity index (χ1n) is 7.25. The van der Waals surface area contributed by atoms with E-state index < -0.39 is 0 Å². The minimum atomic E-state index is -0.287. The van der Waals surface area contributed by atoms with Crippen molar-refractivity contribution in [3.8, 4) is 0 Å². The monoisotopic (exact) mass is 292 g/mol. The number of H-pyrrole nitrogens is 2. The molecular formula is C14H24N6O. The third kappa shape index (κ3) is 3.60. The molecule has 2 aromatic rings. The molecular weight excluding hydrogens is 268 g/mol. The Kier molecular flexibility index (Phi) is 4.32. The molecule has 1 unspecified atom stereocenters. The van der Waals surface area contributed by atoms with Crippen LogP contribution in [0.3, 0.4) is 0 Å². The summed E-state index contributed by atoms with van der Waals surface area (Å²) in [7, 11) is 0. The SMILES string of the molecule is CC(C)(C)C(CCN)CCc1nc2nc(N)[nH]c(=O)c2[nH]1. The maximum atomic E-state index is 11.7. The Morgan fingerprint density at radius 2 is 1.90 bits per heavy atom. The topological polar surface area (TPSA) is 126 Å². The van der Waals surface area contributed by atoms with Gasteiger partial charge in [0, 0.05) is 6.42 Å². The van der Waals surface area contributed by atoms with Crippen LogP contribution >= 0.6 is 0 Å². The lowest BCUT2D eigenvalue weighted by Gasteiger charge is -2.30. The lowest BCUT2D eigenvalue weighted by molar-refractivity contribution is 0.214. The van der Waals surface area contributed by atoms with Crippen LogP contribution in [0, 0.1) is 11.3 Å². The molecule has 0 spiro atoms. The number of anilines is 1. The Hall–Kier alpha value is -1.89. The van der Waals surface area contributed by atoms with Crippen LogP contribution in [0.4, 0.5) is 5.95 Å². The number of nitrogens with zero attached hydrogens (tertiary/aromatic N) is 2. The summed E-state index contributed by atoms with van der Waals surface area (Å²) in [6.45, 7) is 7.34. The van der Waals surface area contributed by atoms with Crippen molar-refractivity contribution in [3.05, 3.63) is 16.2 Å². The maximum Gasteiger partial charge on any atom is 0.278 e. The molecule has 2 aromatic heterocycles. The predicted molar refractivity (Wildman–Crippen MR) is 83.9 cm³/mol. The molecule has 0 aliphatic heterocycles. The van der Waals surface area contributed by atoms with Crippen LogP contribution in [0.2, 0.25) is 0 Å². The molecule has 116 valence electrons. The molecule has 0 aliphatic rings. The number of fused-ring (bicyclic) bond motifs is 1. The molecule has 7 heteroatoms. The zero-order valence-corrected chi connectivity index (χ0v) is 12.9. The fourth-order valence-corrected chi connectivity index (χ4v) is 2.61. The van der Waals surface area contributed by atoms with Crippen LogP contribution in [0.25, 0.3) is 11.2 Å². The van der Waals surface area contributed by atoms with Gasteiger partial charge in [-0.2, -0.15) is 4.98 Å². The zero-order chi connectivity index (χ0) is 15.6. The highest BCUT2D eigenvalue weighted by Crippen LogP contribution is 2.31. The molecule has 0 fully saturated rings. The zero-order valence-electron chi connectivity index (χ0n) is 12.9. The van der Waals surface area contributed by atoms with Gasteiger partial charge in [0.25, 0.3) is 5.56 Å². The van der Waals surface area contributed by atoms with Crippen molar-refractivity contribution in [2.45, 2.75) is 40.0 Å². The van der Waals surface area contributed by atoms with Gasteiger partial charge in [0.2, 0.25) is 5.95 Å². The third-order valence-corrected chi connectivity index (χ3v) is 3.90. The van der Waals surface area contributed by atoms with Crippen molar-refractivity contribution in [3.63, 3.8) is 0 Å². The number of nitrogen functional groups attached to an aromatic ring is 1. The first-order valence-corrected chi connectivity index (χ1v) is 7.25. The molecule has 0 amide bonds. The Bertz CT molecular complexity index is 666. The van der Waals surface area contributed by atoms with Gasteiger partial charge < -0.3 is 16.5 Å². The quantitative estimate of drug-likeness (QED) is 0.658. The van der Waals surface area contributed by atoms with Gasteiger partial charge in [0.15, 0.2) is 11.2 Å². The van der Waals surface area contributed by atoms with Crippen molar-refractivity contribution in [2.24, 2.45) is 17.1 Å². The number of rotatable bonds is 5. The second-order valence-electron chi connectivity index (χ2n) is 6.51. The van der Waals surface area contributed by atoms with Crippen LogP contribution in [-0.2, 0) is 6.42 Å². The standard InChI is InChI=1S/C14H24N6O/c1-14(2,3)8(6-7-15)4-5-9-17-10-11(18-9)19-13(16)20-12(10)21/h8H,4-7,15H2,1-3H3,(H4,16,17,18,19,20,21). The van der Waals surface area contributed by atoms with E-state index in [-0.39, 0.29) is 16.9 Å². The van der Waals surface area contributed by atoms with Gasteiger partial charge in [-0.1, -0.05) is 20.8 Å². The van der Waals surface area contributed by atoms with Crippen LogP contribution in [-0.4, -0.2) is 26.5 Å². The van der Waals surface area contributed by atoms with Crippen molar-refractivity contribution in [1.29, 1.82) is 0 Å². The average molecular weight is 292 g/mol. The summed E-state index contributed by atoms with van der Waals surface area (Å²) in [4.78, 5) is 25.6. The highest BCUT2D eigenvalue weighted by Gasteiger charge is 2.24. The largest absolute Gasteiger partial charge is 0.369 e. The normalized spacial score (nSPS) is 13.7. The molecule has 0 aromatic carbocycles. The minimum Gasteiger partial charge on any atom is -0.369 e. The molecule has 0 aliphatic carbocycles. The molecule has 2 heterocycles. The Morgan fingerprint density at radius 3 is 2.52 bits per heavy atom. The number of hydrogen-bond acceptors (Lipinski definition) is 5. The van der Waals surface area contributed by atoms with Gasteiger partial charge in [0.1, 0.15) is 5.82 Å². The summed E-state index contributed by atoms with van der Waals surface area (Å²) in [6, 6.07) is 0. The molecule has 0 bridgehead atoms. The first kappa shape index (κ1) is 15.5. The van der Waals surface area contributed by atoms with Gasteiger partial charge in [-0.15, -0.1) is 0 Å². The molecule has 0 saturated carbocycles. The minimum absolute atomic E-state index is 0.0845. The number of aromatic amines is 2. The Labute approximate surface area is 123 Å². The summed E-state index contributed by atoms with van der Waals surface area (Å²) in [6.07, 6.45) is 2.71. The molecule has 7 nitrogen and oxygen atoms in total. The predicted octanol–water partition coefficient (Wildman–Crippen LogP) is 1.17. The summed E-state index contributed by atoms with van der Waals surface area (Å²) in [5.41, 5.74) is 11.9. The number of aryl methyl sites for hydroxylation is 1. The lowest BCUT2D eigenvalue weighted by atomic mass is 9.76. The summed E-state index contributed by atoms with van der Waals surface area (Å²) >= 11 is 0. The fourth-order valence-electron chi connectivity index (χ4n) is 2.61. The molecule has 21 heavy (non-hydrogen) atoms. The number of nitrogens with one attached hydrogen (secondary N) is 2. The average Bonchev–Trinajstić information content (AvgIpc) is 2.76. The number of imidazole rings is 1. The van der Waals surface area contributed by atoms with Crippen molar-refractivity contribution < 1.29 is 0 Å². The van der Waals surface area contributed by atoms with E-state index >= 15 is 0 Å². The van der Waals surface area contributed by atoms with Crippen molar-refractivity contribution >= 4 is 17.1 Å². The molecule has 0 saturated heterocycles. The van der Waals surface area contributed by atoms with E-state index in [0.29, 0.717) is 23.6 Å². The number of hydrogen-bond donors (Lipinski definition) is 4. The second kappa shape index (κ2) is 5.85. The summed E-state index contributed by atoms with van der Waals surface area (Å²) < 4.78 is 0. The van der Waals surface area contributed by atoms with Gasteiger partial charge in [0.05, 0.1) is 0 Å².